The Morgan fingerprint density at radius 1 is 1.32 bits per heavy atom. The molecule has 0 atom stereocenters. The number of carboxylic acid groups (broad SMARTS) is 1. The second-order valence-corrected chi connectivity index (χ2v) is 5.28. The third-order valence-corrected chi connectivity index (χ3v) is 4.30. The number of halogens is 1. The third kappa shape index (κ3) is 1.99. The Morgan fingerprint density at radius 2 is 1.89 bits per heavy atom. The molecule has 0 spiro atoms. The van der Waals surface area contributed by atoms with E-state index < -0.39 is 17.2 Å². The van der Waals surface area contributed by atoms with Crippen LogP contribution in [0, 0.1) is 19.7 Å². The molecule has 1 aromatic rings. The van der Waals surface area contributed by atoms with Crippen LogP contribution < -0.4 is 4.74 Å². The first-order valence-electron chi connectivity index (χ1n) is 6.51. The molecule has 0 aliphatic heterocycles. The summed E-state index contributed by atoms with van der Waals surface area (Å²) < 4.78 is 19.3. The maximum absolute atomic E-state index is 14.0. The molecule has 2 rings (SSSR count). The van der Waals surface area contributed by atoms with E-state index in [1.165, 1.54) is 13.2 Å². The molecule has 1 aliphatic rings. The number of benzene rings is 1. The number of methoxy groups -OCH3 is 1. The average Bonchev–Trinajstić information content (AvgIpc) is 2.85. The second kappa shape index (κ2) is 4.83. The Morgan fingerprint density at radius 3 is 2.37 bits per heavy atom. The van der Waals surface area contributed by atoms with Gasteiger partial charge in [0.05, 0.1) is 12.5 Å². The predicted molar refractivity (Wildman–Crippen MR) is 70.2 cm³/mol. The summed E-state index contributed by atoms with van der Waals surface area (Å²) in [5.74, 6) is -0.800. The molecule has 0 saturated heterocycles. The molecule has 1 fully saturated rings. The van der Waals surface area contributed by atoms with Gasteiger partial charge in [-0.2, -0.15) is 0 Å². The lowest BCUT2D eigenvalue weighted by Crippen LogP contribution is -2.33. The highest BCUT2D eigenvalue weighted by atomic mass is 19.1. The monoisotopic (exact) mass is 266 g/mol. The van der Waals surface area contributed by atoms with E-state index in [0.717, 1.165) is 18.4 Å². The van der Waals surface area contributed by atoms with Gasteiger partial charge in [0.2, 0.25) is 0 Å². The zero-order chi connectivity index (χ0) is 14.2. The average molecular weight is 266 g/mol. The summed E-state index contributed by atoms with van der Waals surface area (Å²) in [4.78, 5) is 11.7. The van der Waals surface area contributed by atoms with Crippen LogP contribution in [0.2, 0.25) is 0 Å². The molecule has 0 bridgehead atoms. The molecule has 1 N–H and O–H groups in total. The highest BCUT2D eigenvalue weighted by Crippen LogP contribution is 2.45. The van der Waals surface area contributed by atoms with Gasteiger partial charge in [-0.25, -0.2) is 4.39 Å². The highest BCUT2D eigenvalue weighted by Gasteiger charge is 2.44. The van der Waals surface area contributed by atoms with Crippen molar-refractivity contribution in [3.8, 4) is 5.75 Å². The van der Waals surface area contributed by atoms with Gasteiger partial charge < -0.3 is 9.84 Å². The summed E-state index contributed by atoms with van der Waals surface area (Å²) in [7, 11) is 1.49. The molecule has 0 heterocycles. The Labute approximate surface area is 112 Å². The molecule has 3 nitrogen and oxygen atoms in total. The maximum Gasteiger partial charge on any atom is 0.314 e. The maximum atomic E-state index is 14.0. The second-order valence-electron chi connectivity index (χ2n) is 5.28. The van der Waals surface area contributed by atoms with E-state index >= 15 is 0 Å². The third-order valence-electron chi connectivity index (χ3n) is 4.30. The minimum atomic E-state index is -0.952. The number of ether oxygens (including phenoxy) is 1. The van der Waals surface area contributed by atoms with Crippen LogP contribution in [0.5, 0.6) is 5.75 Å². The van der Waals surface area contributed by atoms with Crippen LogP contribution in [0.25, 0.3) is 0 Å². The topological polar surface area (TPSA) is 46.5 Å². The van der Waals surface area contributed by atoms with Crippen LogP contribution >= 0.6 is 0 Å². The molecule has 1 aromatic carbocycles. The molecular formula is C15H19FO3. The molecule has 0 radical (unpaired) electrons. The van der Waals surface area contributed by atoms with Gasteiger partial charge in [-0.1, -0.05) is 12.8 Å². The van der Waals surface area contributed by atoms with Gasteiger partial charge in [-0.05, 0) is 43.9 Å². The number of aliphatic carboxylic acids is 1. The lowest BCUT2D eigenvalue weighted by molar-refractivity contribution is -0.143. The number of hydrogen-bond donors (Lipinski definition) is 1. The summed E-state index contributed by atoms with van der Waals surface area (Å²) >= 11 is 0. The fraction of sp³-hybridized carbons (Fsp3) is 0.533. The van der Waals surface area contributed by atoms with Gasteiger partial charge in [0.15, 0.2) is 0 Å². The Hall–Kier alpha value is -1.58. The zero-order valence-corrected chi connectivity index (χ0v) is 11.5. The largest absolute Gasteiger partial charge is 0.496 e. The molecule has 0 amide bonds. The van der Waals surface area contributed by atoms with Crippen LogP contribution in [0.4, 0.5) is 4.39 Å². The number of carbonyl (C=O) groups is 1. The van der Waals surface area contributed by atoms with Crippen LogP contribution in [0.1, 0.15) is 42.4 Å². The van der Waals surface area contributed by atoms with Gasteiger partial charge in [-0.3, -0.25) is 4.79 Å². The predicted octanol–water partition coefficient (Wildman–Crippen LogP) is 3.35. The molecule has 0 unspecified atom stereocenters. The van der Waals surface area contributed by atoms with Crippen molar-refractivity contribution in [2.75, 3.05) is 7.11 Å². The van der Waals surface area contributed by atoms with Crippen molar-refractivity contribution >= 4 is 5.97 Å². The van der Waals surface area contributed by atoms with Crippen molar-refractivity contribution in [3.05, 3.63) is 28.6 Å². The lowest BCUT2D eigenvalue weighted by atomic mass is 9.76. The van der Waals surface area contributed by atoms with E-state index in [-0.39, 0.29) is 0 Å². The Bertz CT molecular complexity index is 517. The quantitative estimate of drug-likeness (QED) is 0.912. The van der Waals surface area contributed by atoms with Gasteiger partial charge in [-0.15, -0.1) is 0 Å². The van der Waals surface area contributed by atoms with Crippen molar-refractivity contribution in [2.24, 2.45) is 0 Å². The van der Waals surface area contributed by atoms with E-state index in [1.807, 2.05) is 6.92 Å². The summed E-state index contributed by atoms with van der Waals surface area (Å²) in [6, 6.07) is 1.38. The smallest absolute Gasteiger partial charge is 0.314 e. The first-order chi connectivity index (χ1) is 8.94. The standard InChI is InChI=1S/C15H19FO3/c1-9-11(8-12(16)10(2)13(9)19-3)15(14(17)18)6-4-5-7-15/h8H,4-7H2,1-3H3,(H,17,18). The van der Waals surface area contributed by atoms with E-state index in [1.54, 1.807) is 6.92 Å². The van der Waals surface area contributed by atoms with Gasteiger partial charge in [0, 0.05) is 5.56 Å². The fourth-order valence-corrected chi connectivity index (χ4v) is 3.24. The Kier molecular flexibility index (Phi) is 3.52. The van der Waals surface area contributed by atoms with Crippen molar-refractivity contribution in [3.63, 3.8) is 0 Å². The Balaban J connectivity index is 2.68. The summed E-state index contributed by atoms with van der Waals surface area (Å²) in [5, 5.41) is 9.60. The number of carboxylic acids is 1. The summed E-state index contributed by atoms with van der Waals surface area (Å²) in [6.07, 6.45) is 2.86. The van der Waals surface area contributed by atoms with Crippen LogP contribution in [-0.2, 0) is 10.2 Å². The zero-order valence-electron chi connectivity index (χ0n) is 11.5. The number of hydrogen-bond acceptors (Lipinski definition) is 2. The van der Waals surface area contributed by atoms with E-state index in [2.05, 4.69) is 0 Å². The SMILES string of the molecule is COc1c(C)c(F)cc(C2(C(=O)O)CCCC2)c1C. The molecule has 19 heavy (non-hydrogen) atoms. The van der Waals surface area contributed by atoms with E-state index in [9.17, 15) is 14.3 Å². The van der Waals surface area contributed by atoms with Crippen molar-refractivity contribution in [2.45, 2.75) is 44.9 Å². The summed E-state index contributed by atoms with van der Waals surface area (Å²) in [6.45, 7) is 3.46. The van der Waals surface area contributed by atoms with E-state index in [0.29, 0.717) is 29.7 Å². The number of rotatable bonds is 3. The van der Waals surface area contributed by atoms with Crippen molar-refractivity contribution < 1.29 is 19.0 Å². The fourth-order valence-electron chi connectivity index (χ4n) is 3.24. The first kappa shape index (κ1) is 13.8. The van der Waals surface area contributed by atoms with Crippen LogP contribution in [0.3, 0.4) is 0 Å². The highest BCUT2D eigenvalue weighted by molar-refractivity contribution is 5.83. The van der Waals surface area contributed by atoms with Gasteiger partial charge in [0.1, 0.15) is 11.6 Å². The lowest BCUT2D eigenvalue weighted by Gasteiger charge is -2.28. The molecular weight excluding hydrogens is 247 g/mol. The molecule has 1 aliphatic carbocycles. The molecule has 4 heteroatoms. The summed E-state index contributed by atoms with van der Waals surface area (Å²) in [5.41, 5.74) is 0.789. The van der Waals surface area contributed by atoms with Crippen molar-refractivity contribution in [1.29, 1.82) is 0 Å². The van der Waals surface area contributed by atoms with Crippen LogP contribution in [0.15, 0.2) is 6.07 Å². The van der Waals surface area contributed by atoms with E-state index in [4.69, 9.17) is 4.74 Å². The van der Waals surface area contributed by atoms with Gasteiger partial charge in [0.25, 0.3) is 0 Å². The first-order valence-corrected chi connectivity index (χ1v) is 6.51. The molecule has 0 aromatic heterocycles. The van der Waals surface area contributed by atoms with Gasteiger partial charge >= 0.3 is 5.97 Å². The minimum absolute atomic E-state index is 0.398. The minimum Gasteiger partial charge on any atom is -0.496 e. The van der Waals surface area contributed by atoms with Crippen molar-refractivity contribution in [1.82, 2.24) is 0 Å². The molecule has 1 saturated carbocycles. The normalized spacial score (nSPS) is 17.5. The van der Waals surface area contributed by atoms with Crippen LogP contribution in [-0.4, -0.2) is 18.2 Å². The molecule has 104 valence electrons.